The Labute approximate surface area is 206 Å². The van der Waals surface area contributed by atoms with Crippen LogP contribution in [0, 0.1) is 11.3 Å². The van der Waals surface area contributed by atoms with Crippen LogP contribution in [-0.2, 0) is 19.4 Å². The van der Waals surface area contributed by atoms with Crippen LogP contribution < -0.4 is 11.1 Å². The molecule has 1 aliphatic heterocycles. The summed E-state index contributed by atoms with van der Waals surface area (Å²) in [4.78, 5) is 22.1. The summed E-state index contributed by atoms with van der Waals surface area (Å²) in [6.07, 6.45) is 5.15. The number of piperidine rings is 1. The van der Waals surface area contributed by atoms with E-state index in [4.69, 9.17) is 10.7 Å². The number of fused-ring (bicyclic) bond motifs is 2. The first-order valence-electron chi connectivity index (χ1n) is 12.6. The van der Waals surface area contributed by atoms with Gasteiger partial charge in [-0.1, -0.05) is 51.1 Å². The number of rotatable bonds is 4. The van der Waals surface area contributed by atoms with E-state index in [1.807, 2.05) is 0 Å². The molecule has 1 fully saturated rings. The molecule has 34 heavy (non-hydrogen) atoms. The Morgan fingerprint density at radius 2 is 1.91 bits per heavy atom. The first kappa shape index (κ1) is 23.3. The number of pyridine rings is 1. The van der Waals surface area contributed by atoms with Crippen LogP contribution in [-0.4, -0.2) is 34.9 Å². The topological polar surface area (TPSA) is 71.2 Å². The van der Waals surface area contributed by atoms with E-state index in [2.05, 4.69) is 67.4 Å². The average Bonchev–Trinajstić information content (AvgIpc) is 3.14. The lowest BCUT2D eigenvalue weighted by atomic mass is 9.71. The van der Waals surface area contributed by atoms with Crippen LogP contribution in [0.3, 0.4) is 0 Å². The molecule has 1 amide bonds. The molecule has 3 N–H and O–H groups in total. The van der Waals surface area contributed by atoms with Gasteiger partial charge in [-0.3, -0.25) is 9.69 Å². The number of nitrogens with one attached hydrogen (secondary N) is 1. The van der Waals surface area contributed by atoms with Gasteiger partial charge in [-0.2, -0.15) is 0 Å². The SMILES string of the molecule is CC(C)(C)C1CCc2nc3sc(C(=O)NC4CCN(Cc5ccccc5)CC4)c(N)c3cc2C1. The minimum Gasteiger partial charge on any atom is -0.397 e. The van der Waals surface area contributed by atoms with Gasteiger partial charge >= 0.3 is 0 Å². The third kappa shape index (κ3) is 4.84. The van der Waals surface area contributed by atoms with Crippen LogP contribution in [0.25, 0.3) is 10.2 Å². The van der Waals surface area contributed by atoms with Gasteiger partial charge in [-0.25, -0.2) is 4.98 Å². The Hall–Kier alpha value is -2.44. The smallest absolute Gasteiger partial charge is 0.263 e. The molecule has 1 atom stereocenters. The highest BCUT2D eigenvalue weighted by Crippen LogP contribution is 2.40. The molecule has 2 aromatic heterocycles. The summed E-state index contributed by atoms with van der Waals surface area (Å²) in [5.74, 6) is 0.599. The van der Waals surface area contributed by atoms with Gasteiger partial charge in [0, 0.05) is 36.8 Å². The van der Waals surface area contributed by atoms with Gasteiger partial charge in [0.15, 0.2) is 0 Å². The lowest BCUT2D eigenvalue weighted by Crippen LogP contribution is -2.44. The van der Waals surface area contributed by atoms with Crippen LogP contribution in [0.5, 0.6) is 0 Å². The molecule has 2 aliphatic rings. The average molecular weight is 477 g/mol. The van der Waals surface area contributed by atoms with Gasteiger partial charge in [0.2, 0.25) is 0 Å². The summed E-state index contributed by atoms with van der Waals surface area (Å²) in [5, 5.41) is 4.20. The molecule has 0 spiro atoms. The number of nitrogens with two attached hydrogens (primary N) is 1. The Kier molecular flexibility index (Phi) is 6.38. The zero-order valence-electron chi connectivity index (χ0n) is 20.6. The van der Waals surface area contributed by atoms with Crippen molar-refractivity contribution in [1.29, 1.82) is 0 Å². The second kappa shape index (κ2) is 9.31. The predicted molar refractivity (Wildman–Crippen MR) is 141 cm³/mol. The van der Waals surface area contributed by atoms with Crippen molar-refractivity contribution in [3.63, 3.8) is 0 Å². The Morgan fingerprint density at radius 1 is 1.18 bits per heavy atom. The number of nitrogens with zero attached hydrogens (tertiary/aromatic N) is 2. The van der Waals surface area contributed by atoms with Crippen molar-refractivity contribution >= 4 is 33.1 Å². The summed E-state index contributed by atoms with van der Waals surface area (Å²) in [7, 11) is 0. The lowest BCUT2D eigenvalue weighted by Gasteiger charge is -2.34. The van der Waals surface area contributed by atoms with Crippen LogP contribution in [0.15, 0.2) is 36.4 Å². The number of benzene rings is 1. The van der Waals surface area contributed by atoms with Gasteiger partial charge < -0.3 is 11.1 Å². The van der Waals surface area contributed by atoms with Gasteiger partial charge in [0.25, 0.3) is 5.91 Å². The van der Waals surface area contributed by atoms with E-state index >= 15 is 0 Å². The number of carbonyl (C=O) groups is 1. The van der Waals surface area contributed by atoms with E-state index in [0.717, 1.165) is 55.5 Å². The van der Waals surface area contributed by atoms with Crippen LogP contribution in [0.2, 0.25) is 0 Å². The standard InChI is InChI=1S/C28H36N4OS/c1-28(2,3)20-9-10-23-19(15-20)16-22-24(29)25(34-27(22)31-23)26(33)30-21-11-13-32(14-12-21)17-18-7-5-4-6-8-18/h4-8,16,20-21H,9-15,17,29H2,1-3H3,(H,30,33). The van der Waals surface area contributed by atoms with Gasteiger partial charge in [0.1, 0.15) is 9.71 Å². The molecule has 1 saturated heterocycles. The fourth-order valence-corrected chi connectivity index (χ4v) is 6.43. The molecule has 5 nitrogen and oxygen atoms in total. The van der Waals surface area contributed by atoms with Crippen molar-refractivity contribution in [1.82, 2.24) is 15.2 Å². The van der Waals surface area contributed by atoms with Crippen LogP contribution in [0.4, 0.5) is 5.69 Å². The van der Waals surface area contributed by atoms with Crippen molar-refractivity contribution in [3.8, 4) is 0 Å². The van der Waals surface area contributed by atoms with E-state index in [1.54, 1.807) is 0 Å². The molecule has 3 heterocycles. The summed E-state index contributed by atoms with van der Waals surface area (Å²) in [6, 6.07) is 13.0. The molecule has 1 unspecified atom stereocenters. The largest absolute Gasteiger partial charge is 0.397 e. The maximum absolute atomic E-state index is 13.2. The monoisotopic (exact) mass is 476 g/mol. The zero-order chi connectivity index (χ0) is 23.9. The van der Waals surface area contributed by atoms with Gasteiger partial charge in [-0.05, 0) is 60.6 Å². The second-order valence-electron chi connectivity index (χ2n) is 11.1. The normalized spacial score (nSPS) is 19.8. The highest BCUT2D eigenvalue weighted by molar-refractivity contribution is 7.21. The van der Waals surface area contributed by atoms with Crippen LogP contribution >= 0.6 is 11.3 Å². The van der Waals surface area contributed by atoms with Crippen molar-refractivity contribution in [3.05, 3.63) is 58.1 Å². The number of carbonyl (C=O) groups excluding carboxylic acids is 1. The number of nitrogen functional groups attached to an aromatic ring is 1. The lowest BCUT2D eigenvalue weighted by molar-refractivity contribution is 0.0914. The summed E-state index contributed by atoms with van der Waals surface area (Å²) in [6.45, 7) is 9.92. The van der Waals surface area contributed by atoms with Gasteiger partial charge in [0.05, 0.1) is 5.69 Å². The molecular formula is C28H36N4OS. The van der Waals surface area contributed by atoms with E-state index < -0.39 is 0 Å². The molecule has 6 heteroatoms. The summed E-state index contributed by atoms with van der Waals surface area (Å²) in [5.41, 5.74) is 11.2. The highest BCUT2D eigenvalue weighted by atomic mass is 32.1. The van der Waals surface area contributed by atoms with E-state index in [0.29, 0.717) is 16.5 Å². The minimum atomic E-state index is -0.0486. The fourth-order valence-electron chi connectivity index (χ4n) is 5.43. The zero-order valence-corrected chi connectivity index (χ0v) is 21.4. The Morgan fingerprint density at radius 3 is 2.62 bits per heavy atom. The summed E-state index contributed by atoms with van der Waals surface area (Å²) >= 11 is 1.44. The number of hydrogen-bond donors (Lipinski definition) is 2. The maximum atomic E-state index is 13.2. The Balaban J connectivity index is 1.25. The number of anilines is 1. The predicted octanol–water partition coefficient (Wildman–Crippen LogP) is 5.42. The van der Waals surface area contributed by atoms with Crippen molar-refractivity contribution < 1.29 is 4.79 Å². The summed E-state index contributed by atoms with van der Waals surface area (Å²) < 4.78 is 0. The van der Waals surface area contributed by atoms with Gasteiger partial charge in [-0.15, -0.1) is 11.3 Å². The Bertz CT molecular complexity index is 1170. The number of hydrogen-bond acceptors (Lipinski definition) is 5. The van der Waals surface area contributed by atoms with E-state index in [-0.39, 0.29) is 17.4 Å². The van der Waals surface area contributed by atoms with Crippen molar-refractivity contribution in [2.75, 3.05) is 18.8 Å². The molecule has 0 saturated carbocycles. The maximum Gasteiger partial charge on any atom is 0.263 e. The van der Waals surface area contributed by atoms with E-state index in [1.165, 1.54) is 34.6 Å². The number of likely N-dealkylation sites (tertiary alicyclic amines) is 1. The number of thiophene rings is 1. The van der Waals surface area contributed by atoms with Crippen LogP contribution in [0.1, 0.15) is 66.5 Å². The second-order valence-corrected chi connectivity index (χ2v) is 12.1. The molecule has 1 aliphatic carbocycles. The highest BCUT2D eigenvalue weighted by Gasteiger charge is 2.30. The number of amides is 1. The molecule has 180 valence electrons. The molecule has 3 aromatic rings. The number of aryl methyl sites for hydroxylation is 1. The molecule has 5 rings (SSSR count). The van der Waals surface area contributed by atoms with Crippen molar-refractivity contribution in [2.24, 2.45) is 11.3 Å². The molecule has 1 aromatic carbocycles. The first-order chi connectivity index (χ1) is 16.3. The van der Waals surface area contributed by atoms with E-state index in [9.17, 15) is 4.79 Å². The quantitative estimate of drug-likeness (QED) is 0.527. The molecule has 0 bridgehead atoms. The minimum absolute atomic E-state index is 0.0486. The third-order valence-electron chi connectivity index (χ3n) is 7.69. The first-order valence-corrected chi connectivity index (χ1v) is 13.4. The molecule has 0 radical (unpaired) electrons. The third-order valence-corrected chi connectivity index (χ3v) is 8.80. The number of aromatic nitrogens is 1. The molecular weight excluding hydrogens is 440 g/mol. The fraction of sp³-hybridized carbons (Fsp3) is 0.500. The van der Waals surface area contributed by atoms with Crippen molar-refractivity contribution in [2.45, 2.75) is 65.5 Å².